The van der Waals surface area contributed by atoms with Crippen molar-refractivity contribution in [1.29, 1.82) is 0 Å². The number of rotatable bonds is 16. The molecule has 238 valence electrons. The van der Waals surface area contributed by atoms with E-state index >= 15 is 0 Å². The first kappa shape index (κ1) is 33.7. The van der Waals surface area contributed by atoms with Crippen LogP contribution in [0.5, 0.6) is 0 Å². The van der Waals surface area contributed by atoms with E-state index in [9.17, 15) is 0 Å². The van der Waals surface area contributed by atoms with Gasteiger partial charge in [0, 0.05) is 45.7 Å². The van der Waals surface area contributed by atoms with Crippen LogP contribution in [0.1, 0.15) is 91.9 Å². The molecular formula is C31H51N9O3. The lowest BCUT2D eigenvalue weighted by atomic mass is 9.43. The average molecular weight is 598 g/mol. The molecule has 0 unspecified atom stereocenters. The summed E-state index contributed by atoms with van der Waals surface area (Å²) in [7, 11) is 0. The maximum Gasteiger partial charge on any atom is 0.0649 e. The fourth-order valence-electron chi connectivity index (χ4n) is 9.50. The largest absolute Gasteiger partial charge is 0.378 e. The van der Waals surface area contributed by atoms with Crippen LogP contribution >= 0.6 is 0 Å². The first-order valence-corrected chi connectivity index (χ1v) is 16.4. The van der Waals surface area contributed by atoms with Crippen molar-refractivity contribution in [3.63, 3.8) is 0 Å². The van der Waals surface area contributed by atoms with Crippen molar-refractivity contribution >= 4 is 0 Å². The van der Waals surface area contributed by atoms with E-state index in [1.165, 1.54) is 31.6 Å². The first-order chi connectivity index (χ1) is 20.8. The van der Waals surface area contributed by atoms with Gasteiger partial charge in [-0.2, -0.15) is 0 Å². The van der Waals surface area contributed by atoms with Crippen LogP contribution in [0.3, 0.4) is 0 Å². The SMILES string of the molecule is CCCC[C@@H](C)[C@H]1CC[C@H]2[C]3[C@H](OCCN=[N+]=[N-])C[C]4C[C@@H](OCCN=[N+]=[N-])CC[C@]4(C)[C@H]3C[C@H](OCCN=[N+]=[N-])[C@]12C. The Hall–Kier alpha value is -2.19. The van der Waals surface area contributed by atoms with E-state index in [-0.39, 0.29) is 29.1 Å². The second kappa shape index (κ2) is 15.7. The molecule has 4 saturated carbocycles. The molecule has 0 aromatic rings. The molecule has 4 aliphatic carbocycles. The van der Waals surface area contributed by atoms with E-state index in [1.54, 1.807) is 5.92 Å². The third-order valence-corrected chi connectivity index (χ3v) is 11.6. The number of hydrogen-bond acceptors (Lipinski definition) is 6. The second-order valence-corrected chi connectivity index (χ2v) is 13.6. The molecule has 0 aromatic heterocycles. The Morgan fingerprint density at radius 1 is 0.860 bits per heavy atom. The highest BCUT2D eigenvalue weighted by Crippen LogP contribution is 2.70. The molecule has 0 aliphatic heterocycles. The van der Waals surface area contributed by atoms with Crippen molar-refractivity contribution < 1.29 is 14.2 Å². The fourth-order valence-corrected chi connectivity index (χ4v) is 9.50. The molecule has 0 spiro atoms. The van der Waals surface area contributed by atoms with Crippen LogP contribution in [0.25, 0.3) is 31.3 Å². The van der Waals surface area contributed by atoms with E-state index in [1.807, 2.05) is 0 Å². The molecule has 0 N–H and O–H groups in total. The van der Waals surface area contributed by atoms with Crippen molar-refractivity contribution in [1.82, 2.24) is 0 Å². The molecule has 43 heavy (non-hydrogen) atoms. The van der Waals surface area contributed by atoms with Gasteiger partial charge in [0.1, 0.15) is 0 Å². The Morgan fingerprint density at radius 2 is 1.51 bits per heavy atom. The zero-order valence-corrected chi connectivity index (χ0v) is 26.6. The van der Waals surface area contributed by atoms with Gasteiger partial charge in [0.15, 0.2) is 0 Å². The molecule has 0 bridgehead atoms. The zero-order valence-electron chi connectivity index (χ0n) is 26.6. The van der Waals surface area contributed by atoms with Crippen LogP contribution in [0.2, 0.25) is 0 Å². The van der Waals surface area contributed by atoms with Crippen molar-refractivity contribution in [2.45, 2.75) is 110 Å². The predicted octanol–water partition coefficient (Wildman–Crippen LogP) is 8.69. The van der Waals surface area contributed by atoms with Gasteiger partial charge in [-0.25, -0.2) is 0 Å². The third kappa shape index (κ3) is 7.22. The van der Waals surface area contributed by atoms with Gasteiger partial charge in [0.05, 0.1) is 38.1 Å². The molecule has 2 radical (unpaired) electrons. The van der Waals surface area contributed by atoms with E-state index in [0.717, 1.165) is 38.5 Å². The van der Waals surface area contributed by atoms with Gasteiger partial charge < -0.3 is 14.2 Å². The molecule has 12 heteroatoms. The van der Waals surface area contributed by atoms with Gasteiger partial charge in [0.25, 0.3) is 0 Å². The highest BCUT2D eigenvalue weighted by atomic mass is 16.5. The summed E-state index contributed by atoms with van der Waals surface area (Å²) in [5.41, 5.74) is 26.4. The number of azide groups is 3. The molecule has 0 saturated heterocycles. The summed E-state index contributed by atoms with van der Waals surface area (Å²) < 4.78 is 19.6. The van der Waals surface area contributed by atoms with E-state index < -0.39 is 0 Å². The summed E-state index contributed by atoms with van der Waals surface area (Å²) in [6.45, 7) is 11.9. The van der Waals surface area contributed by atoms with Gasteiger partial charge >= 0.3 is 0 Å². The second-order valence-electron chi connectivity index (χ2n) is 13.6. The molecule has 4 fully saturated rings. The molecule has 0 amide bonds. The van der Waals surface area contributed by atoms with E-state index in [2.05, 4.69) is 57.8 Å². The summed E-state index contributed by atoms with van der Waals surface area (Å²) >= 11 is 0. The number of unbranched alkanes of at least 4 members (excludes halogenated alkanes) is 1. The lowest BCUT2D eigenvalue weighted by molar-refractivity contribution is -0.151. The molecule has 12 nitrogen and oxygen atoms in total. The monoisotopic (exact) mass is 597 g/mol. The third-order valence-electron chi connectivity index (χ3n) is 11.6. The van der Waals surface area contributed by atoms with Gasteiger partial charge in [0.2, 0.25) is 0 Å². The minimum Gasteiger partial charge on any atom is -0.378 e. The number of hydrogen-bond donors (Lipinski definition) is 0. The van der Waals surface area contributed by atoms with Crippen LogP contribution in [0.4, 0.5) is 0 Å². The van der Waals surface area contributed by atoms with Crippen LogP contribution < -0.4 is 0 Å². The van der Waals surface area contributed by atoms with Gasteiger partial charge in [-0.05, 0) is 96.5 Å². The lowest BCUT2D eigenvalue weighted by Gasteiger charge is -2.64. The first-order valence-electron chi connectivity index (χ1n) is 16.4. The molecular weight excluding hydrogens is 546 g/mol. The molecule has 9 atom stereocenters. The maximum absolute atomic E-state index is 8.88. The highest BCUT2D eigenvalue weighted by molar-refractivity contribution is 5.32. The summed E-state index contributed by atoms with van der Waals surface area (Å²) in [5.74, 6) is 4.96. The van der Waals surface area contributed by atoms with E-state index in [4.69, 9.17) is 30.8 Å². The highest BCUT2D eigenvalue weighted by Gasteiger charge is 2.67. The Bertz CT molecular complexity index is 1060. The minimum absolute atomic E-state index is 0.0120. The number of ether oxygens (including phenoxy) is 3. The molecule has 4 rings (SSSR count). The van der Waals surface area contributed by atoms with Crippen molar-refractivity contribution in [2.24, 2.45) is 49.8 Å². The number of nitrogens with zero attached hydrogens (tertiary/aromatic N) is 9. The Morgan fingerprint density at radius 3 is 2.16 bits per heavy atom. The summed E-state index contributed by atoms with van der Waals surface area (Å²) in [6, 6.07) is 0. The summed E-state index contributed by atoms with van der Waals surface area (Å²) in [5, 5.41) is 11.2. The maximum atomic E-state index is 8.88. The van der Waals surface area contributed by atoms with Crippen LogP contribution in [-0.2, 0) is 14.2 Å². The van der Waals surface area contributed by atoms with Crippen LogP contribution in [0.15, 0.2) is 15.3 Å². The predicted molar refractivity (Wildman–Crippen MR) is 165 cm³/mol. The minimum atomic E-state index is -0.0167. The molecule has 0 aromatic carbocycles. The quantitative estimate of drug-likeness (QED) is 0.0750. The van der Waals surface area contributed by atoms with Gasteiger partial charge in [-0.3, -0.25) is 0 Å². The summed E-state index contributed by atoms with van der Waals surface area (Å²) in [4.78, 5) is 8.74. The topological polar surface area (TPSA) is 174 Å². The van der Waals surface area contributed by atoms with Crippen molar-refractivity contribution in [3.8, 4) is 0 Å². The number of fused-ring (bicyclic) bond motifs is 5. The zero-order chi connectivity index (χ0) is 30.9. The molecule has 0 heterocycles. The Labute approximate surface area is 256 Å². The van der Waals surface area contributed by atoms with E-state index in [0.29, 0.717) is 63.1 Å². The van der Waals surface area contributed by atoms with Crippen molar-refractivity contribution in [3.05, 3.63) is 43.2 Å². The van der Waals surface area contributed by atoms with Crippen LogP contribution in [-0.4, -0.2) is 57.8 Å². The fraction of sp³-hybridized carbons (Fsp3) is 0.935. The Kier molecular flexibility index (Phi) is 12.3. The summed E-state index contributed by atoms with van der Waals surface area (Å²) in [6.07, 6.45) is 10.9. The standard InChI is InChI=1S/C31H51N9O3/c1-5-6-7-21(2)24-8-9-25-29-26(20-28(31(24,25)4)43-17-14-37-40-34)30(3)11-10-23(41-15-12-35-38-32)18-22(30)19-27(29)42-16-13-36-39-33/h21,23-28H,5-20H2,1-4H3/t21-,23+,24-,25+,26+,27-,28+,30+,31-/m1/s1. The Balaban J connectivity index is 1.65. The smallest absolute Gasteiger partial charge is 0.0649 e. The van der Waals surface area contributed by atoms with Gasteiger partial charge in [-0.15, -0.1) is 0 Å². The normalized spacial score (nSPS) is 36.3. The lowest BCUT2D eigenvalue weighted by Crippen LogP contribution is -2.62. The van der Waals surface area contributed by atoms with Gasteiger partial charge in [-0.1, -0.05) is 62.3 Å². The molecule has 4 aliphatic rings. The van der Waals surface area contributed by atoms with Crippen molar-refractivity contribution in [2.75, 3.05) is 39.5 Å². The van der Waals surface area contributed by atoms with Crippen LogP contribution in [0, 0.1) is 46.3 Å². The average Bonchev–Trinajstić information content (AvgIpc) is 3.37.